The van der Waals surface area contributed by atoms with Crippen molar-refractivity contribution in [3.63, 3.8) is 0 Å². The van der Waals surface area contributed by atoms with Gasteiger partial charge in [-0.2, -0.15) is 0 Å². The van der Waals surface area contributed by atoms with Crippen LogP contribution in [-0.2, 0) is 0 Å². The molecule has 0 aliphatic heterocycles. The zero-order valence-corrected chi connectivity index (χ0v) is 17.7. The van der Waals surface area contributed by atoms with Crippen molar-refractivity contribution in [2.24, 2.45) is 0 Å². The monoisotopic (exact) mass is 446 g/mol. The SMILES string of the molecule is CNC(=O)c1ccc(C)c(-c2nnc3ccc(Sc4ccc(F)cc4F)cn23)c1.Cl. The Morgan fingerprint density at radius 3 is 2.60 bits per heavy atom. The first-order valence-corrected chi connectivity index (χ1v) is 9.58. The highest BCUT2D eigenvalue weighted by Gasteiger charge is 2.15. The summed E-state index contributed by atoms with van der Waals surface area (Å²) in [5.41, 5.74) is 2.85. The molecule has 30 heavy (non-hydrogen) atoms. The van der Waals surface area contributed by atoms with Gasteiger partial charge in [0, 0.05) is 40.2 Å². The maximum Gasteiger partial charge on any atom is 0.251 e. The lowest BCUT2D eigenvalue weighted by Gasteiger charge is -2.08. The van der Waals surface area contributed by atoms with E-state index >= 15 is 0 Å². The van der Waals surface area contributed by atoms with E-state index in [1.807, 2.05) is 13.0 Å². The number of hydrogen-bond acceptors (Lipinski definition) is 4. The molecule has 0 saturated heterocycles. The molecule has 0 aliphatic carbocycles. The van der Waals surface area contributed by atoms with Gasteiger partial charge < -0.3 is 5.32 Å². The number of halogens is 3. The van der Waals surface area contributed by atoms with E-state index in [4.69, 9.17) is 0 Å². The van der Waals surface area contributed by atoms with Gasteiger partial charge in [0.1, 0.15) is 11.6 Å². The topological polar surface area (TPSA) is 59.3 Å². The van der Waals surface area contributed by atoms with Crippen molar-refractivity contribution < 1.29 is 13.6 Å². The first kappa shape index (κ1) is 21.7. The summed E-state index contributed by atoms with van der Waals surface area (Å²) in [5, 5.41) is 11.1. The Morgan fingerprint density at radius 1 is 1.07 bits per heavy atom. The number of benzene rings is 2. The summed E-state index contributed by atoms with van der Waals surface area (Å²) >= 11 is 1.18. The van der Waals surface area contributed by atoms with Gasteiger partial charge in [0.05, 0.1) is 0 Å². The Kier molecular flexibility index (Phi) is 6.38. The molecule has 9 heteroatoms. The Hall–Kier alpha value is -2.97. The zero-order valence-electron chi connectivity index (χ0n) is 16.0. The van der Waals surface area contributed by atoms with E-state index < -0.39 is 11.6 Å². The van der Waals surface area contributed by atoms with Crippen LogP contribution in [0.15, 0.2) is 64.5 Å². The van der Waals surface area contributed by atoms with Gasteiger partial charge in [-0.15, -0.1) is 22.6 Å². The fourth-order valence-electron chi connectivity index (χ4n) is 2.95. The summed E-state index contributed by atoms with van der Waals surface area (Å²) in [6.45, 7) is 1.93. The van der Waals surface area contributed by atoms with Crippen LogP contribution in [0.2, 0.25) is 0 Å². The van der Waals surface area contributed by atoms with Crippen LogP contribution in [0, 0.1) is 18.6 Å². The third-order valence-corrected chi connectivity index (χ3v) is 5.49. The molecule has 0 spiro atoms. The van der Waals surface area contributed by atoms with Gasteiger partial charge in [-0.1, -0.05) is 17.8 Å². The standard InChI is InChI=1S/C21H16F2N4OS.ClH/c1-12-3-4-13(21(28)24-2)9-16(12)20-26-25-19-8-6-15(11-27(19)20)29-18-7-5-14(22)10-17(18)23;/h3-11H,1-2H3,(H,24,28);1H. The minimum absolute atomic E-state index is 0. The molecule has 0 atom stereocenters. The normalized spacial score (nSPS) is 10.7. The third kappa shape index (κ3) is 4.15. The Morgan fingerprint density at radius 2 is 1.87 bits per heavy atom. The van der Waals surface area contributed by atoms with Crippen molar-refractivity contribution in [3.05, 3.63) is 77.5 Å². The number of rotatable bonds is 4. The molecule has 5 nitrogen and oxygen atoms in total. The van der Waals surface area contributed by atoms with Crippen LogP contribution in [0.1, 0.15) is 15.9 Å². The molecule has 0 aliphatic rings. The van der Waals surface area contributed by atoms with Gasteiger partial charge >= 0.3 is 0 Å². The molecule has 2 aromatic carbocycles. The fraction of sp³-hybridized carbons (Fsp3) is 0.0952. The van der Waals surface area contributed by atoms with Crippen molar-refractivity contribution >= 4 is 35.7 Å². The van der Waals surface area contributed by atoms with Crippen LogP contribution in [0.25, 0.3) is 17.0 Å². The largest absolute Gasteiger partial charge is 0.355 e. The lowest BCUT2D eigenvalue weighted by Crippen LogP contribution is -2.17. The average molecular weight is 447 g/mol. The van der Waals surface area contributed by atoms with Crippen molar-refractivity contribution in [2.45, 2.75) is 16.7 Å². The highest BCUT2D eigenvalue weighted by atomic mass is 35.5. The number of hydrogen-bond donors (Lipinski definition) is 1. The minimum Gasteiger partial charge on any atom is -0.355 e. The second-order valence-electron chi connectivity index (χ2n) is 6.40. The van der Waals surface area contributed by atoms with Crippen LogP contribution in [0.4, 0.5) is 8.78 Å². The van der Waals surface area contributed by atoms with E-state index in [-0.39, 0.29) is 18.3 Å². The van der Waals surface area contributed by atoms with Crippen molar-refractivity contribution in [3.8, 4) is 11.4 Å². The maximum atomic E-state index is 14.0. The molecule has 154 valence electrons. The molecule has 4 rings (SSSR count). The highest BCUT2D eigenvalue weighted by molar-refractivity contribution is 7.99. The molecule has 0 fully saturated rings. The Bertz CT molecular complexity index is 1250. The van der Waals surface area contributed by atoms with Gasteiger partial charge in [-0.25, -0.2) is 8.78 Å². The van der Waals surface area contributed by atoms with E-state index in [1.54, 1.807) is 41.9 Å². The van der Waals surface area contributed by atoms with Crippen molar-refractivity contribution in [1.29, 1.82) is 0 Å². The number of carbonyl (C=O) groups is 1. The number of amides is 1. The van der Waals surface area contributed by atoms with Gasteiger partial charge in [0.15, 0.2) is 11.5 Å². The molecular weight excluding hydrogens is 430 g/mol. The van der Waals surface area contributed by atoms with E-state index in [1.165, 1.54) is 23.9 Å². The van der Waals surface area contributed by atoms with Crippen LogP contribution < -0.4 is 5.32 Å². The van der Waals surface area contributed by atoms with Crippen molar-refractivity contribution in [1.82, 2.24) is 19.9 Å². The van der Waals surface area contributed by atoms with Crippen molar-refractivity contribution in [2.75, 3.05) is 7.05 Å². The number of nitrogens with one attached hydrogen (secondary N) is 1. The molecule has 1 N–H and O–H groups in total. The van der Waals surface area contributed by atoms with Gasteiger partial charge in [-0.3, -0.25) is 9.20 Å². The fourth-order valence-corrected chi connectivity index (χ4v) is 3.79. The summed E-state index contributed by atoms with van der Waals surface area (Å²) in [6, 6.07) is 12.4. The van der Waals surface area contributed by atoms with Gasteiger partial charge in [0.25, 0.3) is 5.91 Å². The van der Waals surface area contributed by atoms with Gasteiger partial charge in [-0.05, 0) is 48.9 Å². The van der Waals surface area contributed by atoms with E-state index in [0.717, 1.165) is 22.1 Å². The highest BCUT2D eigenvalue weighted by Crippen LogP contribution is 2.31. The van der Waals surface area contributed by atoms with Crippen LogP contribution >= 0.6 is 24.2 Å². The summed E-state index contributed by atoms with van der Waals surface area (Å²) in [6.07, 6.45) is 1.80. The molecule has 2 heterocycles. The smallest absolute Gasteiger partial charge is 0.251 e. The molecule has 2 aromatic heterocycles. The molecule has 0 radical (unpaired) electrons. The average Bonchev–Trinajstić information content (AvgIpc) is 3.13. The predicted molar refractivity (Wildman–Crippen MR) is 114 cm³/mol. The second-order valence-corrected chi connectivity index (χ2v) is 7.52. The van der Waals surface area contributed by atoms with Crippen LogP contribution in [0.5, 0.6) is 0 Å². The summed E-state index contributed by atoms with van der Waals surface area (Å²) < 4.78 is 29.0. The minimum atomic E-state index is -0.617. The summed E-state index contributed by atoms with van der Waals surface area (Å²) in [4.78, 5) is 13.1. The second kappa shape index (κ2) is 8.81. The quantitative estimate of drug-likeness (QED) is 0.483. The van der Waals surface area contributed by atoms with E-state index in [2.05, 4.69) is 15.5 Å². The number of fused-ring (bicyclic) bond motifs is 1. The molecule has 0 saturated carbocycles. The molecule has 1 amide bonds. The van der Waals surface area contributed by atoms with E-state index in [0.29, 0.717) is 21.9 Å². The first-order valence-electron chi connectivity index (χ1n) is 8.77. The number of carbonyl (C=O) groups excluding carboxylic acids is 1. The predicted octanol–water partition coefficient (Wildman–Crippen LogP) is 4.92. The Labute approximate surface area is 181 Å². The molecule has 4 aromatic rings. The summed E-state index contributed by atoms with van der Waals surface area (Å²) in [5.74, 6) is -0.851. The number of aromatic nitrogens is 3. The van der Waals surface area contributed by atoms with Gasteiger partial charge in [0.2, 0.25) is 0 Å². The third-order valence-electron chi connectivity index (χ3n) is 4.46. The van der Waals surface area contributed by atoms with Crippen LogP contribution in [-0.4, -0.2) is 27.6 Å². The number of pyridine rings is 1. The number of aryl methyl sites for hydroxylation is 1. The first-order chi connectivity index (χ1) is 14.0. The molecule has 0 unspecified atom stereocenters. The lowest BCUT2D eigenvalue weighted by atomic mass is 10.0. The maximum absolute atomic E-state index is 14.0. The van der Waals surface area contributed by atoms with Crippen LogP contribution in [0.3, 0.4) is 0 Å². The molecule has 0 bridgehead atoms. The van der Waals surface area contributed by atoms with E-state index in [9.17, 15) is 13.6 Å². The molecular formula is C21H17ClF2N4OS. The lowest BCUT2D eigenvalue weighted by molar-refractivity contribution is 0.0963. The Balaban J connectivity index is 0.00000256. The summed E-state index contributed by atoms with van der Waals surface area (Å²) in [7, 11) is 1.58. The zero-order chi connectivity index (χ0) is 20.5. The number of nitrogens with zero attached hydrogens (tertiary/aromatic N) is 3.